The maximum atomic E-state index is 12.5. The first kappa shape index (κ1) is 17.3. The van der Waals surface area contributed by atoms with E-state index in [2.05, 4.69) is 41.6 Å². The lowest BCUT2D eigenvalue weighted by molar-refractivity contribution is 0.0855. The number of halogens is 1. The van der Waals surface area contributed by atoms with E-state index >= 15 is 0 Å². The molecule has 124 valence electrons. The van der Waals surface area contributed by atoms with Crippen LogP contribution in [0, 0.1) is 11.3 Å². The summed E-state index contributed by atoms with van der Waals surface area (Å²) in [6, 6.07) is 0.273. The molecule has 1 saturated carbocycles. The van der Waals surface area contributed by atoms with Gasteiger partial charge < -0.3 is 10.6 Å². The predicted molar refractivity (Wildman–Crippen MR) is 89.3 cm³/mol. The number of carbonyl (C=O) groups is 1. The molecule has 1 aromatic heterocycles. The molecule has 2 aliphatic rings. The van der Waals surface area contributed by atoms with Gasteiger partial charge in [-0.1, -0.05) is 20.8 Å². The first-order chi connectivity index (χ1) is 9.96. The van der Waals surface area contributed by atoms with E-state index in [9.17, 15) is 4.79 Å². The van der Waals surface area contributed by atoms with Gasteiger partial charge in [0.1, 0.15) is 0 Å². The highest BCUT2D eigenvalue weighted by molar-refractivity contribution is 5.94. The highest BCUT2D eigenvalue weighted by atomic mass is 35.5. The van der Waals surface area contributed by atoms with Crippen LogP contribution >= 0.6 is 12.4 Å². The molecule has 1 aliphatic carbocycles. The van der Waals surface area contributed by atoms with Gasteiger partial charge in [0.15, 0.2) is 5.69 Å². The maximum Gasteiger partial charge on any atom is 0.272 e. The fraction of sp³-hybridized carbons (Fsp3) is 0.750. The van der Waals surface area contributed by atoms with Gasteiger partial charge in [0, 0.05) is 36.8 Å². The molecule has 0 saturated heterocycles. The van der Waals surface area contributed by atoms with E-state index < -0.39 is 0 Å². The van der Waals surface area contributed by atoms with Crippen LogP contribution in [0.2, 0.25) is 0 Å². The smallest absolute Gasteiger partial charge is 0.272 e. The van der Waals surface area contributed by atoms with Gasteiger partial charge in [0.2, 0.25) is 0 Å². The molecule has 0 radical (unpaired) electrons. The molecule has 3 rings (SSSR count). The van der Waals surface area contributed by atoms with Gasteiger partial charge in [-0.2, -0.15) is 5.10 Å². The topological polar surface area (TPSA) is 69.8 Å². The van der Waals surface area contributed by atoms with Crippen LogP contribution < -0.4 is 10.6 Å². The summed E-state index contributed by atoms with van der Waals surface area (Å²) in [6.45, 7) is 8.56. The van der Waals surface area contributed by atoms with Crippen LogP contribution in [0.25, 0.3) is 0 Å². The van der Waals surface area contributed by atoms with Gasteiger partial charge in [-0.25, -0.2) is 0 Å². The number of H-pyrrole nitrogens is 1. The molecule has 0 spiro atoms. The first-order valence-electron chi connectivity index (χ1n) is 8.04. The summed E-state index contributed by atoms with van der Waals surface area (Å²) >= 11 is 0. The molecule has 3 N–H and O–H groups in total. The fourth-order valence-corrected chi connectivity index (χ4v) is 3.81. The molecule has 2 unspecified atom stereocenters. The van der Waals surface area contributed by atoms with E-state index in [1.165, 1.54) is 6.42 Å². The van der Waals surface area contributed by atoms with Crippen LogP contribution in [0.4, 0.5) is 0 Å². The molecule has 1 aliphatic heterocycles. The maximum absolute atomic E-state index is 12.5. The zero-order chi connectivity index (χ0) is 15.0. The Morgan fingerprint density at radius 1 is 1.41 bits per heavy atom. The number of hydrogen-bond donors (Lipinski definition) is 3. The monoisotopic (exact) mass is 326 g/mol. The second-order valence-electron chi connectivity index (χ2n) is 7.42. The number of nitrogens with zero attached hydrogens (tertiary/aromatic N) is 1. The van der Waals surface area contributed by atoms with Crippen molar-refractivity contribution in [2.75, 3.05) is 6.54 Å². The Morgan fingerprint density at radius 2 is 2.18 bits per heavy atom. The van der Waals surface area contributed by atoms with E-state index in [0.717, 1.165) is 43.6 Å². The lowest BCUT2D eigenvalue weighted by Gasteiger charge is -2.39. The number of hydrogen-bond acceptors (Lipinski definition) is 3. The highest BCUT2D eigenvalue weighted by Gasteiger charge is 2.34. The molecule has 6 heteroatoms. The van der Waals surface area contributed by atoms with Crippen molar-refractivity contribution in [3.63, 3.8) is 0 Å². The summed E-state index contributed by atoms with van der Waals surface area (Å²) in [5.41, 5.74) is 3.13. The Kier molecular flexibility index (Phi) is 5.17. The van der Waals surface area contributed by atoms with Crippen LogP contribution in [-0.2, 0) is 13.0 Å². The molecule has 1 aromatic rings. The summed E-state index contributed by atoms with van der Waals surface area (Å²) in [5, 5.41) is 13.8. The number of fused-ring (bicyclic) bond motifs is 1. The predicted octanol–water partition coefficient (Wildman–Crippen LogP) is 2.42. The highest BCUT2D eigenvalue weighted by Crippen LogP contribution is 2.38. The van der Waals surface area contributed by atoms with Crippen LogP contribution in [0.5, 0.6) is 0 Å². The van der Waals surface area contributed by atoms with Crippen molar-refractivity contribution in [1.29, 1.82) is 0 Å². The molecule has 1 amide bonds. The number of carbonyl (C=O) groups excluding carboxylic acids is 1. The molecule has 2 atom stereocenters. The largest absolute Gasteiger partial charge is 0.348 e. The Labute approximate surface area is 138 Å². The van der Waals surface area contributed by atoms with Gasteiger partial charge in [0.25, 0.3) is 5.91 Å². The number of aromatic nitrogens is 2. The molecular formula is C16H27ClN4O. The average molecular weight is 327 g/mol. The number of amides is 1. The van der Waals surface area contributed by atoms with E-state index in [1.54, 1.807) is 0 Å². The third kappa shape index (κ3) is 3.46. The van der Waals surface area contributed by atoms with Gasteiger partial charge >= 0.3 is 0 Å². The van der Waals surface area contributed by atoms with Gasteiger partial charge in [-0.05, 0) is 30.6 Å². The van der Waals surface area contributed by atoms with E-state index in [-0.39, 0.29) is 24.4 Å². The second-order valence-corrected chi connectivity index (χ2v) is 7.42. The quantitative estimate of drug-likeness (QED) is 0.781. The van der Waals surface area contributed by atoms with E-state index in [1.807, 2.05) is 0 Å². The number of aromatic amines is 1. The first-order valence-corrected chi connectivity index (χ1v) is 8.04. The van der Waals surface area contributed by atoms with Gasteiger partial charge in [-0.3, -0.25) is 9.89 Å². The number of nitrogens with one attached hydrogen (secondary N) is 3. The fourth-order valence-electron chi connectivity index (χ4n) is 3.81. The van der Waals surface area contributed by atoms with Crippen molar-refractivity contribution in [2.24, 2.45) is 11.3 Å². The SMILES string of the molecule is CC1CC(C)(C)CCC1NC(=O)c1n[nH]c2c1CNCC2.Cl. The van der Waals surface area contributed by atoms with Gasteiger partial charge in [0.05, 0.1) is 0 Å². The summed E-state index contributed by atoms with van der Waals surface area (Å²) in [5.74, 6) is 0.498. The molecular weight excluding hydrogens is 300 g/mol. The third-order valence-electron chi connectivity index (χ3n) is 5.03. The zero-order valence-electron chi connectivity index (χ0n) is 13.7. The Bertz CT molecular complexity index is 540. The molecule has 0 aromatic carbocycles. The van der Waals surface area contributed by atoms with Crippen molar-refractivity contribution in [2.45, 2.75) is 59.0 Å². The third-order valence-corrected chi connectivity index (χ3v) is 5.03. The minimum Gasteiger partial charge on any atom is -0.348 e. The van der Waals surface area contributed by atoms with E-state index in [4.69, 9.17) is 0 Å². The second kappa shape index (κ2) is 6.59. The molecule has 2 heterocycles. The lowest BCUT2D eigenvalue weighted by atomic mass is 9.70. The standard InChI is InChI=1S/C16H26N4O.ClH/c1-10-8-16(2,3)6-4-12(10)18-15(21)14-11-9-17-7-5-13(11)19-20-14;/h10,12,17H,4-9H2,1-3H3,(H,18,21)(H,19,20);1H. The van der Waals surface area contributed by atoms with Crippen LogP contribution in [0.1, 0.15) is 61.8 Å². The normalized spacial score (nSPS) is 26.7. The summed E-state index contributed by atoms with van der Waals surface area (Å²) in [7, 11) is 0. The van der Waals surface area contributed by atoms with Crippen molar-refractivity contribution in [1.82, 2.24) is 20.8 Å². The molecule has 5 nitrogen and oxygen atoms in total. The average Bonchev–Trinajstić information content (AvgIpc) is 2.85. The Hall–Kier alpha value is -1.07. The Balaban J connectivity index is 0.00000176. The molecule has 22 heavy (non-hydrogen) atoms. The lowest BCUT2D eigenvalue weighted by Crippen LogP contribution is -2.44. The molecule has 1 fully saturated rings. The van der Waals surface area contributed by atoms with Gasteiger partial charge in [-0.15, -0.1) is 12.4 Å². The van der Waals surface area contributed by atoms with Crippen molar-refractivity contribution in [3.05, 3.63) is 17.0 Å². The Morgan fingerprint density at radius 3 is 2.91 bits per heavy atom. The van der Waals surface area contributed by atoms with Crippen molar-refractivity contribution in [3.8, 4) is 0 Å². The van der Waals surface area contributed by atoms with Crippen molar-refractivity contribution >= 4 is 18.3 Å². The molecule has 0 bridgehead atoms. The van der Waals surface area contributed by atoms with Crippen molar-refractivity contribution < 1.29 is 4.79 Å². The summed E-state index contributed by atoms with van der Waals surface area (Å²) in [6.07, 6.45) is 4.31. The number of rotatable bonds is 2. The summed E-state index contributed by atoms with van der Waals surface area (Å²) < 4.78 is 0. The van der Waals surface area contributed by atoms with Crippen LogP contribution in [0.3, 0.4) is 0 Å². The van der Waals surface area contributed by atoms with E-state index in [0.29, 0.717) is 17.0 Å². The summed E-state index contributed by atoms with van der Waals surface area (Å²) in [4.78, 5) is 12.5. The van der Waals surface area contributed by atoms with Crippen LogP contribution in [-0.4, -0.2) is 28.7 Å². The zero-order valence-corrected chi connectivity index (χ0v) is 14.5. The minimum absolute atomic E-state index is 0. The van der Waals surface area contributed by atoms with Crippen LogP contribution in [0.15, 0.2) is 0 Å². The minimum atomic E-state index is -0.0206.